The Morgan fingerprint density at radius 2 is 1.49 bits per heavy atom. The van der Waals surface area contributed by atoms with Crippen LogP contribution in [-0.2, 0) is 25.1 Å². The second kappa shape index (κ2) is 9.97. The highest BCUT2D eigenvalue weighted by Gasteiger charge is 2.62. The van der Waals surface area contributed by atoms with E-state index in [-0.39, 0.29) is 17.4 Å². The summed E-state index contributed by atoms with van der Waals surface area (Å²) >= 11 is 0. The van der Waals surface area contributed by atoms with Crippen LogP contribution in [0.4, 0.5) is 35.1 Å². The van der Waals surface area contributed by atoms with Crippen molar-refractivity contribution in [1.29, 1.82) is 0 Å². The van der Waals surface area contributed by atoms with E-state index in [9.17, 15) is 30.7 Å². The van der Waals surface area contributed by atoms with Crippen LogP contribution in [0.15, 0.2) is 30.3 Å². The van der Waals surface area contributed by atoms with Crippen LogP contribution in [0.2, 0.25) is 0 Å². The van der Waals surface area contributed by atoms with Crippen molar-refractivity contribution in [2.75, 3.05) is 13.2 Å². The molecule has 0 atom stereocenters. The summed E-state index contributed by atoms with van der Waals surface area (Å²) in [6, 6.07) is 4.74. The average molecular weight is 566 g/mol. The molecule has 0 N–H and O–H groups in total. The number of hydrogen-bond donors (Lipinski definition) is 0. The number of hydrogen-bond acceptors (Lipinski definition) is 4. The van der Waals surface area contributed by atoms with E-state index >= 15 is 4.39 Å². The van der Waals surface area contributed by atoms with Crippen molar-refractivity contribution in [2.45, 2.75) is 75.4 Å². The molecule has 2 aliphatic heterocycles. The Morgan fingerprint density at radius 1 is 0.872 bits per heavy atom. The highest BCUT2D eigenvalue weighted by molar-refractivity contribution is 5.65. The Labute approximate surface area is 219 Å². The topological polar surface area (TPSA) is 36.9 Å². The van der Waals surface area contributed by atoms with Crippen molar-refractivity contribution in [3.05, 3.63) is 58.9 Å². The van der Waals surface area contributed by atoms with E-state index < -0.39 is 52.6 Å². The first-order chi connectivity index (χ1) is 18.3. The third kappa shape index (κ3) is 5.40. The molecule has 0 radical (unpaired) electrons. The second-order valence-corrected chi connectivity index (χ2v) is 10.4. The average Bonchev–Trinajstić information content (AvgIpc) is 3.39. The zero-order valence-corrected chi connectivity index (χ0v) is 20.9. The number of rotatable bonds is 7. The lowest BCUT2D eigenvalue weighted by atomic mass is 9.77. The van der Waals surface area contributed by atoms with E-state index in [0.29, 0.717) is 56.6 Å². The van der Waals surface area contributed by atoms with E-state index in [0.717, 1.165) is 12.8 Å². The minimum Gasteiger partial charge on any atom is -0.324 e. The smallest absolute Gasteiger partial charge is 0.324 e. The van der Waals surface area contributed by atoms with Gasteiger partial charge >= 0.3 is 12.5 Å². The number of alkyl halides is 5. The highest BCUT2D eigenvalue weighted by atomic mass is 19.4. The molecule has 12 heteroatoms. The first-order valence-electron chi connectivity index (χ1n) is 12.7. The second-order valence-electron chi connectivity index (χ2n) is 10.4. The normalized spacial score (nSPS) is 29.3. The van der Waals surface area contributed by atoms with Gasteiger partial charge in [-0.3, -0.25) is 0 Å². The van der Waals surface area contributed by atoms with Crippen LogP contribution >= 0.6 is 0 Å². The summed E-state index contributed by atoms with van der Waals surface area (Å²) in [4.78, 5) is 0. The fraction of sp³-hybridized carbons (Fsp3) is 0.556. The van der Waals surface area contributed by atoms with Crippen LogP contribution in [0.5, 0.6) is 0 Å². The van der Waals surface area contributed by atoms with E-state index in [1.54, 1.807) is 6.07 Å². The maximum atomic E-state index is 15.0. The van der Waals surface area contributed by atoms with Gasteiger partial charge in [0, 0.05) is 11.5 Å². The summed E-state index contributed by atoms with van der Waals surface area (Å²) in [5.74, 6) is -5.91. The van der Waals surface area contributed by atoms with E-state index in [1.165, 1.54) is 12.1 Å². The Bertz CT molecular complexity index is 1190. The van der Waals surface area contributed by atoms with Gasteiger partial charge in [0.2, 0.25) is 0 Å². The predicted octanol–water partition coefficient (Wildman–Crippen LogP) is 7.90. The maximum Gasteiger partial charge on any atom is 0.527 e. The van der Waals surface area contributed by atoms with Gasteiger partial charge in [0.15, 0.2) is 0 Å². The summed E-state index contributed by atoms with van der Waals surface area (Å²) < 4.78 is 129. The number of fused-ring (bicyclic) bond motifs is 2. The molecule has 2 bridgehead atoms. The van der Waals surface area contributed by atoms with Crippen LogP contribution in [0, 0.1) is 23.4 Å². The van der Waals surface area contributed by atoms with Crippen LogP contribution in [0.25, 0.3) is 11.1 Å². The molecule has 5 rings (SSSR count). The van der Waals surface area contributed by atoms with Crippen molar-refractivity contribution in [2.24, 2.45) is 5.92 Å². The van der Waals surface area contributed by atoms with E-state index in [2.05, 4.69) is 11.7 Å². The molecule has 1 aliphatic carbocycles. The SMILES string of the molecule is CCCC12COC(C3CCC(c4ccc(-c5cc(F)c(C(F)(F)OC(F)(F)F)c(F)c5)c(F)c4)CC3)(OC1)O2. The number of benzene rings is 2. The highest BCUT2D eigenvalue weighted by Crippen LogP contribution is 2.52. The molecule has 2 aromatic carbocycles. The van der Waals surface area contributed by atoms with Crippen LogP contribution < -0.4 is 0 Å². The minimum absolute atomic E-state index is 0.0153. The largest absolute Gasteiger partial charge is 0.527 e. The van der Waals surface area contributed by atoms with Crippen molar-refractivity contribution >= 4 is 0 Å². The summed E-state index contributed by atoms with van der Waals surface area (Å²) in [6.45, 7) is 3.05. The zero-order valence-electron chi connectivity index (χ0n) is 20.9. The van der Waals surface area contributed by atoms with Gasteiger partial charge in [-0.15, -0.1) is 13.2 Å². The van der Waals surface area contributed by atoms with Crippen LogP contribution in [0.3, 0.4) is 0 Å². The fourth-order valence-electron chi connectivity index (χ4n) is 5.94. The molecule has 3 fully saturated rings. The van der Waals surface area contributed by atoms with Gasteiger partial charge < -0.3 is 14.2 Å². The van der Waals surface area contributed by atoms with Crippen molar-refractivity contribution < 1.29 is 54.1 Å². The van der Waals surface area contributed by atoms with Gasteiger partial charge in [-0.1, -0.05) is 25.5 Å². The molecule has 1 saturated carbocycles. The summed E-state index contributed by atoms with van der Waals surface area (Å²) in [5, 5.41) is 0. The van der Waals surface area contributed by atoms with Gasteiger partial charge in [-0.2, -0.15) is 8.78 Å². The Morgan fingerprint density at radius 3 is 2.03 bits per heavy atom. The van der Waals surface area contributed by atoms with E-state index in [4.69, 9.17) is 14.2 Å². The van der Waals surface area contributed by atoms with Gasteiger partial charge in [0.25, 0.3) is 5.97 Å². The predicted molar refractivity (Wildman–Crippen MR) is 121 cm³/mol. The lowest BCUT2D eigenvalue weighted by Crippen LogP contribution is -2.42. The van der Waals surface area contributed by atoms with Crippen molar-refractivity contribution in [3.8, 4) is 11.1 Å². The van der Waals surface area contributed by atoms with Crippen molar-refractivity contribution in [3.63, 3.8) is 0 Å². The standard InChI is InChI=1S/C27H26F8O4/c1-2-9-24-13-36-26(38-24,37-14-24)18-6-3-15(4-7-18)16-5-8-19(20(28)10-16)17-11-21(29)23(22(30)12-17)25(31,32)39-27(33,34)35/h5,8,10-12,15,18H,2-4,6-7,9,13-14H2,1H3. The first-order valence-corrected chi connectivity index (χ1v) is 12.7. The van der Waals surface area contributed by atoms with Gasteiger partial charge in [0.1, 0.15) is 28.6 Å². The zero-order chi connectivity index (χ0) is 28.2. The Kier molecular flexibility index (Phi) is 7.22. The lowest BCUT2D eigenvalue weighted by Gasteiger charge is -2.37. The summed E-state index contributed by atoms with van der Waals surface area (Å²) in [7, 11) is 0. The van der Waals surface area contributed by atoms with E-state index in [1.807, 2.05) is 0 Å². The van der Waals surface area contributed by atoms with Gasteiger partial charge in [-0.05, 0) is 67.3 Å². The third-order valence-corrected chi connectivity index (χ3v) is 7.72. The molecule has 214 valence electrons. The molecule has 2 saturated heterocycles. The lowest BCUT2D eigenvalue weighted by molar-refractivity contribution is -0.432. The number of halogens is 8. The third-order valence-electron chi connectivity index (χ3n) is 7.72. The Hall–Kier alpha value is -2.28. The number of ether oxygens (including phenoxy) is 4. The van der Waals surface area contributed by atoms with Crippen molar-refractivity contribution in [1.82, 2.24) is 0 Å². The first kappa shape index (κ1) is 28.3. The maximum absolute atomic E-state index is 15.0. The van der Waals surface area contributed by atoms with Crippen LogP contribution in [0.1, 0.15) is 62.5 Å². The van der Waals surface area contributed by atoms with Gasteiger partial charge in [-0.25, -0.2) is 17.9 Å². The molecule has 2 heterocycles. The van der Waals surface area contributed by atoms with Gasteiger partial charge in [0.05, 0.1) is 13.2 Å². The fourth-order valence-corrected chi connectivity index (χ4v) is 5.94. The molecule has 0 aromatic heterocycles. The molecule has 0 spiro atoms. The quantitative estimate of drug-likeness (QED) is 0.320. The molecular weight excluding hydrogens is 540 g/mol. The molecule has 3 aliphatic rings. The molecule has 0 amide bonds. The molecule has 2 aromatic rings. The summed E-state index contributed by atoms with van der Waals surface area (Å²) in [5.41, 5.74) is -2.72. The molecule has 39 heavy (non-hydrogen) atoms. The molecule has 0 unspecified atom stereocenters. The molecular formula is C27H26F8O4. The minimum atomic E-state index is -5.84. The van der Waals surface area contributed by atoms with Crippen LogP contribution in [-0.4, -0.2) is 31.2 Å². The Balaban J connectivity index is 1.29. The summed E-state index contributed by atoms with van der Waals surface area (Å²) in [6.07, 6.45) is -6.58. The monoisotopic (exact) mass is 566 g/mol. The molecule has 4 nitrogen and oxygen atoms in total.